The summed E-state index contributed by atoms with van der Waals surface area (Å²) in [5.41, 5.74) is 0.385. The van der Waals surface area contributed by atoms with E-state index in [4.69, 9.17) is 4.74 Å². The molecule has 0 bridgehead atoms. The number of benzene rings is 1. The number of anilines is 1. The fourth-order valence-corrected chi connectivity index (χ4v) is 4.79. The van der Waals surface area contributed by atoms with Gasteiger partial charge in [0.2, 0.25) is 0 Å². The maximum absolute atomic E-state index is 14.6. The molecule has 11 heteroatoms. The van der Waals surface area contributed by atoms with Crippen LogP contribution in [-0.2, 0) is 9.53 Å². The van der Waals surface area contributed by atoms with Gasteiger partial charge in [-0.2, -0.15) is 4.39 Å². The molecule has 1 aromatic carbocycles. The summed E-state index contributed by atoms with van der Waals surface area (Å²) in [6.07, 6.45) is -3.56. The number of carbonyl (C=O) groups excluding carboxylic acids is 1. The highest BCUT2D eigenvalue weighted by Gasteiger charge is 2.32. The molecule has 1 amide bonds. The number of amides is 1. The molecule has 1 N–H and O–H groups in total. The molecule has 33 heavy (non-hydrogen) atoms. The molecule has 1 fully saturated rings. The Kier molecular flexibility index (Phi) is 7.83. The number of hydrogen-bond donors (Lipinski definition) is 1. The standard InChI is InChI=1S/C22H23F4NO5S/c1-2-31-20(28)15-5-3-13(4-6-15)12-27(21(29)30)18-11-17(19(23)33-18)14-7-9-16(10-8-14)32-22(24,25)26/h7-11,13,15H,2-6,12H2,1H3,(H,29,30). The Morgan fingerprint density at radius 2 is 1.79 bits per heavy atom. The Bertz CT molecular complexity index is 968. The van der Waals surface area contributed by atoms with Gasteiger partial charge in [-0.25, -0.2) is 4.79 Å². The van der Waals surface area contributed by atoms with Crippen LogP contribution in [0.4, 0.5) is 27.4 Å². The normalized spacial score (nSPS) is 18.6. The molecule has 1 heterocycles. The van der Waals surface area contributed by atoms with E-state index in [0.717, 1.165) is 17.0 Å². The minimum absolute atomic E-state index is 0.0131. The number of thiophene rings is 1. The van der Waals surface area contributed by atoms with Crippen molar-refractivity contribution in [3.8, 4) is 16.9 Å². The molecule has 0 aliphatic heterocycles. The average molecular weight is 489 g/mol. The molecule has 0 radical (unpaired) electrons. The van der Waals surface area contributed by atoms with Crippen molar-refractivity contribution in [2.75, 3.05) is 18.1 Å². The van der Waals surface area contributed by atoms with Crippen molar-refractivity contribution >= 4 is 28.4 Å². The number of halogens is 4. The molecule has 0 saturated heterocycles. The van der Waals surface area contributed by atoms with Gasteiger partial charge < -0.3 is 14.6 Å². The highest BCUT2D eigenvalue weighted by atomic mass is 32.1. The third kappa shape index (κ3) is 6.59. The molecule has 1 aromatic heterocycles. The number of esters is 1. The molecule has 1 saturated carbocycles. The van der Waals surface area contributed by atoms with E-state index in [0.29, 0.717) is 49.2 Å². The predicted molar refractivity (Wildman–Crippen MR) is 114 cm³/mol. The first-order chi connectivity index (χ1) is 15.6. The molecule has 3 rings (SSSR count). The zero-order valence-corrected chi connectivity index (χ0v) is 18.5. The van der Waals surface area contributed by atoms with Crippen molar-refractivity contribution < 1.29 is 41.7 Å². The van der Waals surface area contributed by atoms with Gasteiger partial charge >= 0.3 is 18.4 Å². The van der Waals surface area contributed by atoms with E-state index >= 15 is 0 Å². The zero-order chi connectivity index (χ0) is 24.2. The maximum Gasteiger partial charge on any atom is 0.573 e. The van der Waals surface area contributed by atoms with E-state index in [2.05, 4.69) is 4.74 Å². The van der Waals surface area contributed by atoms with Gasteiger partial charge in [0, 0.05) is 12.1 Å². The van der Waals surface area contributed by atoms with Crippen LogP contribution in [0.25, 0.3) is 11.1 Å². The third-order valence-electron chi connectivity index (χ3n) is 5.48. The topological polar surface area (TPSA) is 76.1 Å². The van der Waals surface area contributed by atoms with E-state index in [9.17, 15) is 32.3 Å². The molecule has 1 aliphatic rings. The number of nitrogens with zero attached hydrogens (tertiary/aromatic N) is 1. The number of hydrogen-bond acceptors (Lipinski definition) is 5. The zero-order valence-electron chi connectivity index (χ0n) is 17.7. The van der Waals surface area contributed by atoms with Gasteiger partial charge in [0.15, 0.2) is 5.13 Å². The molecule has 180 valence electrons. The van der Waals surface area contributed by atoms with Gasteiger partial charge in [0.05, 0.1) is 12.5 Å². The van der Waals surface area contributed by atoms with Crippen LogP contribution < -0.4 is 9.64 Å². The highest BCUT2D eigenvalue weighted by Crippen LogP contribution is 2.38. The Labute approximate surface area is 191 Å². The van der Waals surface area contributed by atoms with Gasteiger partial charge in [-0.15, -0.1) is 13.2 Å². The second kappa shape index (κ2) is 10.4. The van der Waals surface area contributed by atoms with Crippen molar-refractivity contribution in [3.05, 3.63) is 35.5 Å². The summed E-state index contributed by atoms with van der Waals surface area (Å²) in [5.74, 6) is -0.843. The molecular formula is C22H23F4NO5S. The summed E-state index contributed by atoms with van der Waals surface area (Å²) in [7, 11) is 0. The van der Waals surface area contributed by atoms with Crippen molar-refractivity contribution in [1.82, 2.24) is 0 Å². The minimum atomic E-state index is -4.83. The highest BCUT2D eigenvalue weighted by molar-refractivity contribution is 7.15. The van der Waals surface area contributed by atoms with Gasteiger partial charge in [0.1, 0.15) is 10.8 Å². The van der Waals surface area contributed by atoms with Crippen LogP contribution >= 0.6 is 11.3 Å². The van der Waals surface area contributed by atoms with Crippen LogP contribution in [-0.4, -0.2) is 36.7 Å². The van der Waals surface area contributed by atoms with Crippen LogP contribution in [0.15, 0.2) is 30.3 Å². The Morgan fingerprint density at radius 3 is 2.33 bits per heavy atom. The molecule has 0 atom stereocenters. The molecular weight excluding hydrogens is 466 g/mol. The van der Waals surface area contributed by atoms with E-state index in [1.807, 2.05) is 0 Å². The van der Waals surface area contributed by atoms with E-state index in [-0.39, 0.29) is 34.9 Å². The van der Waals surface area contributed by atoms with E-state index in [1.54, 1.807) is 6.92 Å². The van der Waals surface area contributed by atoms with Crippen LogP contribution in [0, 0.1) is 17.0 Å². The lowest BCUT2D eigenvalue weighted by Gasteiger charge is -2.30. The first kappa shape index (κ1) is 24.8. The molecule has 6 nitrogen and oxygen atoms in total. The largest absolute Gasteiger partial charge is 0.573 e. The summed E-state index contributed by atoms with van der Waals surface area (Å²) in [6, 6.07) is 6.06. The second-order valence-corrected chi connectivity index (χ2v) is 8.69. The summed E-state index contributed by atoms with van der Waals surface area (Å²) < 4.78 is 60.4. The lowest BCUT2D eigenvalue weighted by molar-refractivity contribution is -0.274. The summed E-state index contributed by atoms with van der Waals surface area (Å²) in [6.45, 7) is 2.21. The smallest absolute Gasteiger partial charge is 0.466 e. The van der Waals surface area contributed by atoms with Crippen molar-refractivity contribution in [1.29, 1.82) is 0 Å². The van der Waals surface area contributed by atoms with Gasteiger partial charge in [-0.05, 0) is 62.3 Å². The summed E-state index contributed by atoms with van der Waals surface area (Å²) >= 11 is 0.654. The Hall–Kier alpha value is -2.82. The Balaban J connectivity index is 1.69. The van der Waals surface area contributed by atoms with E-state index in [1.165, 1.54) is 18.2 Å². The van der Waals surface area contributed by atoms with Gasteiger partial charge in [-0.3, -0.25) is 9.69 Å². The van der Waals surface area contributed by atoms with Crippen molar-refractivity contribution in [2.24, 2.45) is 11.8 Å². The second-order valence-electron chi connectivity index (χ2n) is 7.71. The van der Waals surface area contributed by atoms with Crippen LogP contribution in [0.2, 0.25) is 0 Å². The SMILES string of the molecule is CCOC(=O)C1CCC(CN(C(=O)O)c2cc(-c3ccc(OC(F)(F)F)cc3)c(F)s2)CC1. The fourth-order valence-electron chi connectivity index (χ4n) is 3.88. The number of alkyl halides is 3. The molecule has 0 unspecified atom stereocenters. The third-order valence-corrected chi connectivity index (χ3v) is 6.42. The molecule has 1 aliphatic carbocycles. The summed E-state index contributed by atoms with van der Waals surface area (Å²) in [5, 5.41) is 9.23. The number of ether oxygens (including phenoxy) is 2. The van der Waals surface area contributed by atoms with Crippen molar-refractivity contribution in [2.45, 2.75) is 39.0 Å². The summed E-state index contributed by atoms with van der Waals surface area (Å²) in [4.78, 5) is 24.8. The van der Waals surface area contributed by atoms with Gasteiger partial charge in [0.25, 0.3) is 0 Å². The van der Waals surface area contributed by atoms with Crippen LogP contribution in [0.3, 0.4) is 0 Å². The fraction of sp³-hybridized carbons (Fsp3) is 0.455. The minimum Gasteiger partial charge on any atom is -0.466 e. The quantitative estimate of drug-likeness (QED) is 0.365. The van der Waals surface area contributed by atoms with Crippen LogP contribution in [0.5, 0.6) is 5.75 Å². The Morgan fingerprint density at radius 1 is 1.15 bits per heavy atom. The first-order valence-electron chi connectivity index (χ1n) is 10.4. The average Bonchev–Trinajstić information content (AvgIpc) is 3.13. The van der Waals surface area contributed by atoms with Crippen molar-refractivity contribution in [3.63, 3.8) is 0 Å². The lowest BCUT2D eigenvalue weighted by Crippen LogP contribution is -2.36. The molecule has 0 spiro atoms. The number of rotatable bonds is 7. The van der Waals surface area contributed by atoms with Gasteiger partial charge in [-0.1, -0.05) is 23.5 Å². The molecule has 2 aromatic rings. The van der Waals surface area contributed by atoms with Crippen LogP contribution in [0.1, 0.15) is 32.6 Å². The monoisotopic (exact) mass is 489 g/mol. The maximum atomic E-state index is 14.6. The lowest BCUT2D eigenvalue weighted by atomic mass is 9.82. The number of carbonyl (C=O) groups is 2. The number of carboxylic acid groups (broad SMARTS) is 1. The van der Waals surface area contributed by atoms with E-state index < -0.39 is 23.3 Å². The first-order valence-corrected chi connectivity index (χ1v) is 11.2. The predicted octanol–water partition coefficient (Wildman–Crippen LogP) is 6.31.